The van der Waals surface area contributed by atoms with Crippen LogP contribution in [0.1, 0.15) is 23.2 Å². The van der Waals surface area contributed by atoms with Crippen LogP contribution in [-0.2, 0) is 16.4 Å². The van der Waals surface area contributed by atoms with Crippen molar-refractivity contribution in [2.24, 2.45) is 0 Å². The Bertz CT molecular complexity index is 1410. The molecule has 170 valence electrons. The van der Waals surface area contributed by atoms with Crippen LogP contribution in [0.5, 0.6) is 5.75 Å². The van der Waals surface area contributed by atoms with Crippen LogP contribution >= 0.6 is 0 Å². The third-order valence-corrected chi connectivity index (χ3v) is 6.96. The van der Waals surface area contributed by atoms with Gasteiger partial charge in [-0.1, -0.05) is 13.0 Å². The van der Waals surface area contributed by atoms with Gasteiger partial charge in [0.1, 0.15) is 11.3 Å². The number of fused-ring (bicyclic) bond motifs is 1. The van der Waals surface area contributed by atoms with Gasteiger partial charge in [-0.3, -0.25) is 9.10 Å². The number of amides is 1. The number of nitrogens with zero attached hydrogens (tertiary/aromatic N) is 2. The number of sulfonamides is 1. The highest BCUT2D eigenvalue weighted by Gasteiger charge is 2.22. The van der Waals surface area contributed by atoms with E-state index in [0.717, 1.165) is 4.31 Å². The van der Waals surface area contributed by atoms with Crippen LogP contribution in [0.4, 0.5) is 11.4 Å². The SMILES string of the molecule is CCc1nc2cc(NC(=O)c3cccc(S(=O)(=O)N(C)c4ccc(OC)cc4)c3)ccc2o1. The number of hydrogen-bond acceptors (Lipinski definition) is 6. The van der Waals surface area contributed by atoms with Crippen molar-refractivity contribution >= 4 is 38.4 Å². The first-order valence-corrected chi connectivity index (χ1v) is 11.7. The minimum Gasteiger partial charge on any atom is -0.497 e. The van der Waals surface area contributed by atoms with Gasteiger partial charge >= 0.3 is 0 Å². The fraction of sp³-hybridized carbons (Fsp3) is 0.167. The Kier molecular flexibility index (Phi) is 6.06. The number of aromatic nitrogens is 1. The maximum atomic E-state index is 13.1. The first-order valence-electron chi connectivity index (χ1n) is 10.3. The zero-order valence-electron chi connectivity index (χ0n) is 18.4. The van der Waals surface area contributed by atoms with E-state index in [2.05, 4.69) is 10.3 Å². The first-order chi connectivity index (χ1) is 15.8. The number of hydrogen-bond donors (Lipinski definition) is 1. The summed E-state index contributed by atoms with van der Waals surface area (Å²) in [6.07, 6.45) is 0.669. The molecule has 0 bridgehead atoms. The van der Waals surface area contributed by atoms with E-state index >= 15 is 0 Å². The molecule has 0 radical (unpaired) electrons. The van der Waals surface area contributed by atoms with E-state index in [-0.39, 0.29) is 10.5 Å². The van der Waals surface area contributed by atoms with Gasteiger partial charge in [0.15, 0.2) is 11.5 Å². The molecule has 8 nitrogen and oxygen atoms in total. The highest BCUT2D eigenvalue weighted by atomic mass is 32.2. The number of aryl methyl sites for hydroxylation is 1. The second-order valence-corrected chi connectivity index (χ2v) is 9.27. The van der Waals surface area contributed by atoms with Gasteiger partial charge in [0.2, 0.25) is 0 Å². The standard InChI is InChI=1S/C24H23N3O5S/c1-4-23-26-21-15-17(8-13-22(21)32-23)25-24(28)16-6-5-7-20(14-16)33(29,30)27(2)18-9-11-19(31-3)12-10-18/h5-15H,4H2,1-3H3,(H,25,28). The second kappa shape index (κ2) is 8.95. The van der Waals surface area contributed by atoms with Gasteiger partial charge in [0.25, 0.3) is 15.9 Å². The van der Waals surface area contributed by atoms with Crippen molar-refractivity contribution in [3.05, 3.63) is 78.2 Å². The monoisotopic (exact) mass is 465 g/mol. The molecule has 0 aliphatic carbocycles. The minimum atomic E-state index is -3.88. The average Bonchev–Trinajstić information content (AvgIpc) is 3.26. The largest absolute Gasteiger partial charge is 0.497 e. The molecule has 4 aromatic rings. The van der Waals surface area contributed by atoms with E-state index in [9.17, 15) is 13.2 Å². The molecule has 0 saturated heterocycles. The third kappa shape index (κ3) is 4.54. The topological polar surface area (TPSA) is 102 Å². The fourth-order valence-corrected chi connectivity index (χ4v) is 4.54. The Morgan fingerprint density at radius 2 is 1.85 bits per heavy atom. The van der Waals surface area contributed by atoms with E-state index in [1.807, 2.05) is 6.92 Å². The molecule has 1 heterocycles. The second-order valence-electron chi connectivity index (χ2n) is 7.30. The van der Waals surface area contributed by atoms with Gasteiger partial charge in [-0.25, -0.2) is 13.4 Å². The number of carbonyl (C=O) groups excluding carboxylic acids is 1. The molecule has 9 heteroatoms. The molecule has 4 rings (SSSR count). The Labute approximate surface area is 191 Å². The summed E-state index contributed by atoms with van der Waals surface area (Å²) in [5.74, 6) is 0.808. The Morgan fingerprint density at radius 3 is 2.55 bits per heavy atom. The number of nitrogens with one attached hydrogen (secondary N) is 1. The quantitative estimate of drug-likeness (QED) is 0.432. The minimum absolute atomic E-state index is 0.00742. The Hall–Kier alpha value is -3.85. The van der Waals surface area contributed by atoms with Gasteiger partial charge in [0.05, 0.1) is 17.7 Å². The van der Waals surface area contributed by atoms with Gasteiger partial charge in [-0.2, -0.15) is 0 Å². The summed E-state index contributed by atoms with van der Waals surface area (Å²) in [4.78, 5) is 17.2. The number of rotatable bonds is 7. The number of methoxy groups -OCH3 is 1. The van der Waals surface area contributed by atoms with Crippen LogP contribution in [0.3, 0.4) is 0 Å². The highest BCUT2D eigenvalue weighted by Crippen LogP contribution is 2.25. The summed E-state index contributed by atoms with van der Waals surface area (Å²) in [7, 11) is -0.880. The van der Waals surface area contributed by atoms with E-state index in [4.69, 9.17) is 9.15 Å². The van der Waals surface area contributed by atoms with Crippen molar-refractivity contribution in [2.45, 2.75) is 18.2 Å². The van der Waals surface area contributed by atoms with Gasteiger partial charge in [0, 0.05) is 24.7 Å². The maximum absolute atomic E-state index is 13.1. The molecular formula is C24H23N3O5S. The summed E-state index contributed by atoms with van der Waals surface area (Å²) in [6.45, 7) is 1.94. The molecule has 1 aromatic heterocycles. The molecule has 1 N–H and O–H groups in total. The normalized spacial score (nSPS) is 11.4. The lowest BCUT2D eigenvalue weighted by molar-refractivity contribution is 0.102. The number of carbonyl (C=O) groups is 1. The van der Waals surface area contributed by atoms with Crippen LogP contribution in [-0.4, -0.2) is 33.5 Å². The molecule has 0 aliphatic heterocycles. The summed E-state index contributed by atoms with van der Waals surface area (Å²) in [5.41, 5.74) is 2.50. The van der Waals surface area contributed by atoms with Gasteiger partial charge in [-0.05, 0) is 60.7 Å². The number of ether oxygens (including phenoxy) is 1. The molecule has 0 aliphatic rings. The van der Waals surface area contributed by atoms with Crippen molar-refractivity contribution in [1.82, 2.24) is 4.98 Å². The van der Waals surface area contributed by atoms with Crippen molar-refractivity contribution < 1.29 is 22.4 Å². The predicted molar refractivity (Wildman–Crippen MR) is 126 cm³/mol. The van der Waals surface area contributed by atoms with Crippen LogP contribution in [0.2, 0.25) is 0 Å². The lowest BCUT2D eigenvalue weighted by atomic mass is 10.2. The molecule has 1 amide bonds. The molecule has 0 fully saturated rings. The molecule has 0 atom stereocenters. The lowest BCUT2D eigenvalue weighted by Gasteiger charge is -2.20. The Morgan fingerprint density at radius 1 is 1.09 bits per heavy atom. The first kappa shape index (κ1) is 22.3. The molecule has 0 spiro atoms. The zero-order chi connectivity index (χ0) is 23.6. The summed E-state index contributed by atoms with van der Waals surface area (Å²) < 4.78 is 38.1. The molecular weight excluding hydrogens is 442 g/mol. The number of oxazole rings is 1. The molecule has 0 unspecified atom stereocenters. The maximum Gasteiger partial charge on any atom is 0.264 e. The average molecular weight is 466 g/mol. The molecule has 0 saturated carbocycles. The lowest BCUT2D eigenvalue weighted by Crippen LogP contribution is -2.26. The predicted octanol–water partition coefficient (Wildman–Crippen LogP) is 4.48. The molecule has 3 aromatic carbocycles. The van der Waals surface area contributed by atoms with Crippen LogP contribution in [0, 0.1) is 0 Å². The van der Waals surface area contributed by atoms with Crippen molar-refractivity contribution in [3.63, 3.8) is 0 Å². The third-order valence-electron chi connectivity index (χ3n) is 5.18. The van der Waals surface area contributed by atoms with E-state index in [1.165, 1.54) is 32.4 Å². The van der Waals surface area contributed by atoms with Crippen LogP contribution in [0.25, 0.3) is 11.1 Å². The van der Waals surface area contributed by atoms with E-state index < -0.39 is 15.9 Å². The van der Waals surface area contributed by atoms with Crippen LogP contribution in [0.15, 0.2) is 76.0 Å². The number of anilines is 2. The van der Waals surface area contributed by atoms with E-state index in [1.54, 1.807) is 48.5 Å². The van der Waals surface area contributed by atoms with Crippen molar-refractivity contribution in [2.75, 3.05) is 23.8 Å². The fourth-order valence-electron chi connectivity index (χ4n) is 3.29. The molecule has 33 heavy (non-hydrogen) atoms. The van der Waals surface area contributed by atoms with Crippen molar-refractivity contribution in [3.8, 4) is 5.75 Å². The van der Waals surface area contributed by atoms with Gasteiger partial charge < -0.3 is 14.5 Å². The Balaban J connectivity index is 1.56. The summed E-state index contributed by atoms with van der Waals surface area (Å²) in [5, 5.41) is 2.79. The summed E-state index contributed by atoms with van der Waals surface area (Å²) >= 11 is 0. The smallest absolute Gasteiger partial charge is 0.264 e. The van der Waals surface area contributed by atoms with Crippen molar-refractivity contribution in [1.29, 1.82) is 0 Å². The van der Waals surface area contributed by atoms with E-state index in [0.29, 0.717) is 40.5 Å². The van der Waals surface area contributed by atoms with Gasteiger partial charge in [-0.15, -0.1) is 0 Å². The summed E-state index contributed by atoms with van der Waals surface area (Å²) in [6, 6.07) is 17.7. The highest BCUT2D eigenvalue weighted by molar-refractivity contribution is 7.92. The number of benzene rings is 3. The zero-order valence-corrected chi connectivity index (χ0v) is 19.2. The van der Waals surface area contributed by atoms with Crippen LogP contribution < -0.4 is 14.4 Å².